The Morgan fingerprint density at radius 1 is 1.27 bits per heavy atom. The molecule has 2 atom stereocenters. The van der Waals surface area contributed by atoms with Crippen LogP contribution in [0.25, 0.3) is 11.5 Å². The fourth-order valence-corrected chi connectivity index (χ4v) is 5.45. The maximum absolute atomic E-state index is 12.8. The number of aromatic nitrogens is 1. The van der Waals surface area contributed by atoms with Gasteiger partial charge in [-0.05, 0) is 25.5 Å². The van der Waals surface area contributed by atoms with Crippen molar-refractivity contribution in [2.45, 2.75) is 31.2 Å². The van der Waals surface area contributed by atoms with E-state index in [1.807, 2.05) is 30.3 Å². The van der Waals surface area contributed by atoms with Crippen LogP contribution < -0.4 is 5.32 Å². The molecular formula is C20H25N3O6S. The Bertz CT molecular complexity index is 985. The standard InChI is InChI=1S/C20H25N3O6S/c1-14-18(22-19(29-14)15-5-3-2-4-6-15)13-28-20(24)17-11-16(12-21-17)30(25,26)23-7-9-27-10-8-23/h2-6,16-17,21H,7-13H2,1H3. The summed E-state index contributed by atoms with van der Waals surface area (Å²) in [5, 5.41) is 2.33. The summed E-state index contributed by atoms with van der Waals surface area (Å²) >= 11 is 0. The van der Waals surface area contributed by atoms with Crippen molar-refractivity contribution in [1.29, 1.82) is 0 Å². The van der Waals surface area contributed by atoms with Gasteiger partial charge in [-0.1, -0.05) is 18.2 Å². The third-order valence-electron chi connectivity index (χ3n) is 5.39. The summed E-state index contributed by atoms with van der Waals surface area (Å²) in [5.41, 5.74) is 1.38. The molecule has 1 aromatic heterocycles. The smallest absolute Gasteiger partial charge is 0.323 e. The van der Waals surface area contributed by atoms with Gasteiger partial charge in [-0.2, -0.15) is 4.31 Å². The number of aryl methyl sites for hydroxylation is 1. The molecule has 162 valence electrons. The number of nitrogens with zero attached hydrogens (tertiary/aromatic N) is 2. The number of esters is 1. The van der Waals surface area contributed by atoms with E-state index in [2.05, 4.69) is 10.3 Å². The maximum Gasteiger partial charge on any atom is 0.323 e. The van der Waals surface area contributed by atoms with Gasteiger partial charge in [0.1, 0.15) is 24.1 Å². The van der Waals surface area contributed by atoms with Crippen LogP contribution >= 0.6 is 0 Å². The van der Waals surface area contributed by atoms with E-state index in [-0.39, 0.29) is 19.6 Å². The Hall–Kier alpha value is -2.27. The van der Waals surface area contributed by atoms with Crippen LogP contribution in [0, 0.1) is 6.92 Å². The number of benzene rings is 1. The lowest BCUT2D eigenvalue weighted by molar-refractivity contribution is -0.147. The highest BCUT2D eigenvalue weighted by molar-refractivity contribution is 7.89. The molecule has 2 aliphatic rings. The quantitative estimate of drug-likeness (QED) is 0.671. The summed E-state index contributed by atoms with van der Waals surface area (Å²) in [5.74, 6) is 0.557. The van der Waals surface area contributed by atoms with E-state index in [1.165, 1.54) is 4.31 Å². The number of sulfonamides is 1. The van der Waals surface area contributed by atoms with Gasteiger partial charge in [-0.3, -0.25) is 4.79 Å². The summed E-state index contributed by atoms with van der Waals surface area (Å²) in [4.78, 5) is 16.9. The lowest BCUT2D eigenvalue weighted by Gasteiger charge is -2.28. The average Bonchev–Trinajstić information content (AvgIpc) is 3.41. The zero-order valence-corrected chi connectivity index (χ0v) is 17.6. The first-order chi connectivity index (χ1) is 14.4. The monoisotopic (exact) mass is 435 g/mol. The summed E-state index contributed by atoms with van der Waals surface area (Å²) in [6.45, 7) is 3.45. The van der Waals surface area contributed by atoms with Gasteiger partial charge in [0, 0.05) is 25.2 Å². The van der Waals surface area contributed by atoms with Crippen LogP contribution in [0.5, 0.6) is 0 Å². The predicted molar refractivity (Wildman–Crippen MR) is 108 cm³/mol. The number of oxazole rings is 1. The van der Waals surface area contributed by atoms with Crippen LogP contribution in [0.2, 0.25) is 0 Å². The molecule has 0 radical (unpaired) electrons. The highest BCUT2D eigenvalue weighted by Crippen LogP contribution is 2.23. The number of rotatable bonds is 6. The van der Waals surface area contributed by atoms with Gasteiger partial charge in [0.15, 0.2) is 0 Å². The zero-order chi connectivity index (χ0) is 21.1. The minimum absolute atomic E-state index is 0.0277. The molecule has 3 heterocycles. The number of carbonyl (C=O) groups is 1. The molecule has 30 heavy (non-hydrogen) atoms. The van der Waals surface area contributed by atoms with Crippen molar-refractivity contribution in [2.24, 2.45) is 0 Å². The molecule has 0 spiro atoms. The van der Waals surface area contributed by atoms with E-state index in [0.29, 0.717) is 43.6 Å². The minimum atomic E-state index is -3.47. The van der Waals surface area contributed by atoms with E-state index in [4.69, 9.17) is 13.9 Å². The Morgan fingerprint density at radius 2 is 2.00 bits per heavy atom. The zero-order valence-electron chi connectivity index (χ0n) is 16.7. The Morgan fingerprint density at radius 3 is 2.73 bits per heavy atom. The second-order valence-electron chi connectivity index (χ2n) is 7.37. The van der Waals surface area contributed by atoms with Crippen LogP contribution in [-0.4, -0.2) is 67.8 Å². The third kappa shape index (κ3) is 4.41. The van der Waals surface area contributed by atoms with Crippen molar-refractivity contribution in [2.75, 3.05) is 32.8 Å². The van der Waals surface area contributed by atoms with Crippen LogP contribution in [0.15, 0.2) is 34.7 Å². The van der Waals surface area contributed by atoms with E-state index < -0.39 is 27.3 Å². The molecule has 1 aromatic carbocycles. The first-order valence-electron chi connectivity index (χ1n) is 9.93. The molecule has 2 aromatic rings. The Labute approximate surface area is 175 Å². The van der Waals surface area contributed by atoms with Crippen LogP contribution in [0.4, 0.5) is 0 Å². The normalized spacial score (nSPS) is 22.8. The van der Waals surface area contributed by atoms with Gasteiger partial charge in [-0.15, -0.1) is 0 Å². The van der Waals surface area contributed by atoms with Gasteiger partial charge >= 0.3 is 5.97 Å². The molecule has 9 nitrogen and oxygen atoms in total. The van der Waals surface area contributed by atoms with Crippen molar-refractivity contribution in [3.8, 4) is 11.5 Å². The van der Waals surface area contributed by atoms with Crippen LogP contribution in [0.3, 0.4) is 0 Å². The molecular weight excluding hydrogens is 410 g/mol. The first kappa shape index (κ1) is 21.0. The predicted octanol–water partition coefficient (Wildman–Crippen LogP) is 1.09. The number of carbonyl (C=O) groups excluding carboxylic acids is 1. The lowest BCUT2D eigenvalue weighted by Crippen LogP contribution is -2.45. The molecule has 2 unspecified atom stereocenters. The molecule has 2 fully saturated rings. The van der Waals surface area contributed by atoms with Crippen molar-refractivity contribution in [3.63, 3.8) is 0 Å². The second-order valence-corrected chi connectivity index (χ2v) is 9.58. The maximum atomic E-state index is 12.8. The molecule has 0 amide bonds. The highest BCUT2D eigenvalue weighted by atomic mass is 32.2. The highest BCUT2D eigenvalue weighted by Gasteiger charge is 2.41. The van der Waals surface area contributed by atoms with E-state index in [9.17, 15) is 13.2 Å². The summed E-state index contributed by atoms with van der Waals surface area (Å²) in [6.07, 6.45) is 0.186. The number of nitrogens with one attached hydrogen (secondary N) is 1. The Balaban J connectivity index is 1.34. The van der Waals surface area contributed by atoms with E-state index in [1.54, 1.807) is 6.92 Å². The fourth-order valence-electron chi connectivity index (χ4n) is 3.63. The number of morpholine rings is 1. The molecule has 2 saturated heterocycles. The van der Waals surface area contributed by atoms with Crippen LogP contribution in [-0.2, 0) is 30.9 Å². The molecule has 1 N–H and O–H groups in total. The molecule has 0 aliphatic carbocycles. The number of hydrogen-bond acceptors (Lipinski definition) is 8. The molecule has 0 bridgehead atoms. The second kappa shape index (κ2) is 8.84. The van der Waals surface area contributed by atoms with E-state index >= 15 is 0 Å². The van der Waals surface area contributed by atoms with Gasteiger partial charge in [-0.25, -0.2) is 13.4 Å². The van der Waals surface area contributed by atoms with Gasteiger partial charge in [0.2, 0.25) is 15.9 Å². The van der Waals surface area contributed by atoms with E-state index in [0.717, 1.165) is 5.56 Å². The summed E-state index contributed by atoms with van der Waals surface area (Å²) in [7, 11) is -3.47. The SMILES string of the molecule is Cc1oc(-c2ccccc2)nc1COC(=O)C1CC(S(=O)(=O)N2CCOCC2)CN1. The van der Waals surface area contributed by atoms with Crippen molar-refractivity contribution < 1.29 is 27.1 Å². The van der Waals surface area contributed by atoms with Gasteiger partial charge in [0.25, 0.3) is 0 Å². The minimum Gasteiger partial charge on any atom is -0.458 e. The third-order valence-corrected chi connectivity index (χ3v) is 7.68. The molecule has 4 rings (SSSR count). The Kier molecular flexibility index (Phi) is 6.19. The van der Waals surface area contributed by atoms with Crippen molar-refractivity contribution in [3.05, 3.63) is 41.8 Å². The van der Waals surface area contributed by atoms with Crippen molar-refractivity contribution >= 4 is 16.0 Å². The number of hydrogen-bond donors (Lipinski definition) is 1. The van der Waals surface area contributed by atoms with Gasteiger partial charge in [0.05, 0.1) is 18.5 Å². The number of ether oxygens (including phenoxy) is 2. The summed E-state index contributed by atoms with van der Waals surface area (Å²) in [6, 6.07) is 8.80. The average molecular weight is 436 g/mol. The largest absolute Gasteiger partial charge is 0.458 e. The fraction of sp³-hybridized carbons (Fsp3) is 0.500. The molecule has 0 saturated carbocycles. The molecule has 10 heteroatoms. The summed E-state index contributed by atoms with van der Waals surface area (Å²) < 4.78 is 43.3. The topological polar surface area (TPSA) is 111 Å². The van der Waals surface area contributed by atoms with Crippen LogP contribution in [0.1, 0.15) is 17.9 Å². The molecule has 2 aliphatic heterocycles. The lowest BCUT2D eigenvalue weighted by atomic mass is 10.2. The van der Waals surface area contributed by atoms with Gasteiger partial charge < -0.3 is 19.2 Å². The van der Waals surface area contributed by atoms with Crippen molar-refractivity contribution in [1.82, 2.24) is 14.6 Å². The first-order valence-corrected chi connectivity index (χ1v) is 11.4.